The second-order valence-corrected chi connectivity index (χ2v) is 5.17. The fourth-order valence-corrected chi connectivity index (χ4v) is 2.12. The highest BCUT2D eigenvalue weighted by Gasteiger charge is 2.31. The molecule has 0 aliphatic heterocycles. The number of nitrogens with zero attached hydrogens (tertiary/aromatic N) is 2. The van der Waals surface area contributed by atoms with Crippen LogP contribution in [0.5, 0.6) is 5.75 Å². The minimum absolute atomic E-state index is 0.0124. The van der Waals surface area contributed by atoms with Crippen molar-refractivity contribution in [3.63, 3.8) is 0 Å². The van der Waals surface area contributed by atoms with Crippen LogP contribution in [0.3, 0.4) is 0 Å². The molecule has 5 nitrogen and oxygen atoms in total. The van der Waals surface area contributed by atoms with E-state index in [9.17, 15) is 18.0 Å². The van der Waals surface area contributed by atoms with Gasteiger partial charge in [-0.3, -0.25) is 0 Å². The van der Waals surface area contributed by atoms with Gasteiger partial charge in [-0.2, -0.15) is 18.4 Å². The quantitative estimate of drug-likeness (QED) is 0.761. The van der Waals surface area contributed by atoms with Crippen LogP contribution in [-0.4, -0.2) is 18.1 Å². The van der Waals surface area contributed by atoms with E-state index in [-0.39, 0.29) is 34.3 Å². The van der Waals surface area contributed by atoms with Gasteiger partial charge in [-0.1, -0.05) is 11.6 Å². The van der Waals surface area contributed by atoms with E-state index in [0.29, 0.717) is 0 Å². The molecule has 130 valence electrons. The third kappa shape index (κ3) is 4.61. The minimum atomic E-state index is -4.51. The number of esters is 1. The van der Waals surface area contributed by atoms with Gasteiger partial charge >= 0.3 is 12.1 Å². The van der Waals surface area contributed by atoms with Gasteiger partial charge in [-0.25, -0.2) is 9.78 Å². The summed E-state index contributed by atoms with van der Waals surface area (Å²) in [7, 11) is 1.17. The van der Waals surface area contributed by atoms with E-state index >= 15 is 0 Å². The van der Waals surface area contributed by atoms with Gasteiger partial charge in [-0.15, -0.1) is 0 Å². The number of hydrogen-bond acceptors (Lipinski definition) is 5. The molecule has 0 saturated heterocycles. The number of rotatable bonds is 4. The Kier molecular flexibility index (Phi) is 5.49. The van der Waals surface area contributed by atoms with E-state index in [4.69, 9.17) is 21.6 Å². The van der Waals surface area contributed by atoms with E-state index in [1.165, 1.54) is 19.2 Å². The third-order valence-corrected chi connectivity index (χ3v) is 3.33. The zero-order valence-corrected chi connectivity index (χ0v) is 13.5. The zero-order valence-electron chi connectivity index (χ0n) is 12.7. The van der Waals surface area contributed by atoms with Crippen molar-refractivity contribution in [1.82, 2.24) is 4.98 Å². The lowest BCUT2D eigenvalue weighted by Crippen LogP contribution is -2.09. The topological polar surface area (TPSA) is 72.2 Å². The lowest BCUT2D eigenvalue weighted by atomic mass is 10.2. The average molecular weight is 371 g/mol. The van der Waals surface area contributed by atoms with E-state index in [0.717, 1.165) is 18.2 Å². The van der Waals surface area contributed by atoms with Crippen molar-refractivity contribution in [1.29, 1.82) is 5.26 Å². The maximum atomic E-state index is 12.6. The molecule has 0 aliphatic rings. The molecule has 0 aliphatic carbocycles. The number of nitriles is 1. The van der Waals surface area contributed by atoms with Gasteiger partial charge in [0.15, 0.2) is 0 Å². The predicted molar refractivity (Wildman–Crippen MR) is 81.1 cm³/mol. The fourth-order valence-electron chi connectivity index (χ4n) is 1.88. The Morgan fingerprint density at radius 3 is 2.60 bits per heavy atom. The number of methoxy groups -OCH3 is 1. The number of benzene rings is 1. The molecule has 0 bridgehead atoms. The van der Waals surface area contributed by atoms with Crippen molar-refractivity contribution in [2.75, 3.05) is 7.11 Å². The first kappa shape index (κ1) is 18.5. The van der Waals surface area contributed by atoms with Crippen molar-refractivity contribution in [2.24, 2.45) is 0 Å². The summed E-state index contributed by atoms with van der Waals surface area (Å²) in [6, 6.07) is 7.16. The molecule has 0 spiro atoms. The second kappa shape index (κ2) is 7.40. The Morgan fingerprint density at radius 2 is 2.04 bits per heavy atom. The second-order valence-electron chi connectivity index (χ2n) is 4.77. The molecular formula is C16H10ClF3N2O3. The Labute approximate surface area is 145 Å². The van der Waals surface area contributed by atoms with Gasteiger partial charge in [0, 0.05) is 0 Å². The minimum Gasteiger partial charge on any atom is -0.486 e. The molecule has 0 unspecified atom stereocenters. The van der Waals surface area contributed by atoms with Crippen LogP contribution in [0.2, 0.25) is 5.02 Å². The van der Waals surface area contributed by atoms with Gasteiger partial charge in [0.1, 0.15) is 18.1 Å². The molecule has 0 amide bonds. The number of ether oxygens (including phenoxy) is 2. The van der Waals surface area contributed by atoms with Crippen LogP contribution >= 0.6 is 11.6 Å². The number of pyridine rings is 1. The highest BCUT2D eigenvalue weighted by molar-refractivity contribution is 6.32. The van der Waals surface area contributed by atoms with E-state index < -0.39 is 17.7 Å². The largest absolute Gasteiger partial charge is 0.486 e. The van der Waals surface area contributed by atoms with Crippen LogP contribution in [0.25, 0.3) is 0 Å². The van der Waals surface area contributed by atoms with Crippen molar-refractivity contribution in [2.45, 2.75) is 12.8 Å². The molecule has 1 heterocycles. The molecule has 9 heteroatoms. The lowest BCUT2D eigenvalue weighted by molar-refractivity contribution is -0.137. The van der Waals surface area contributed by atoms with Gasteiger partial charge in [0.2, 0.25) is 0 Å². The summed E-state index contributed by atoms with van der Waals surface area (Å²) in [6.07, 6.45) is -4.51. The summed E-state index contributed by atoms with van der Waals surface area (Å²) in [4.78, 5) is 15.5. The molecule has 1 aromatic heterocycles. The van der Waals surface area contributed by atoms with Gasteiger partial charge < -0.3 is 9.47 Å². The highest BCUT2D eigenvalue weighted by atomic mass is 35.5. The molecule has 0 saturated carbocycles. The number of carbonyl (C=O) groups excluding carboxylic acids is 1. The van der Waals surface area contributed by atoms with Crippen molar-refractivity contribution >= 4 is 17.6 Å². The number of carbonyl (C=O) groups is 1. The van der Waals surface area contributed by atoms with Crippen LogP contribution in [0, 0.1) is 11.3 Å². The Balaban J connectivity index is 2.21. The number of alkyl halides is 3. The van der Waals surface area contributed by atoms with Crippen molar-refractivity contribution < 1.29 is 27.4 Å². The number of halogens is 4. The maximum Gasteiger partial charge on any atom is 0.416 e. The van der Waals surface area contributed by atoms with E-state index in [2.05, 4.69) is 9.72 Å². The smallest absolute Gasteiger partial charge is 0.416 e. The fraction of sp³-hybridized carbons (Fsp3) is 0.188. The first-order valence-corrected chi connectivity index (χ1v) is 7.11. The zero-order chi connectivity index (χ0) is 18.6. The van der Waals surface area contributed by atoms with Crippen molar-refractivity contribution in [3.05, 3.63) is 57.9 Å². The molecule has 0 atom stereocenters. The number of aromatic nitrogens is 1. The van der Waals surface area contributed by atoms with Gasteiger partial charge in [0.25, 0.3) is 0 Å². The number of hydrogen-bond donors (Lipinski definition) is 0. The van der Waals surface area contributed by atoms with Crippen molar-refractivity contribution in [3.8, 4) is 11.8 Å². The average Bonchev–Trinajstić information content (AvgIpc) is 2.58. The molecule has 0 radical (unpaired) electrons. The summed E-state index contributed by atoms with van der Waals surface area (Å²) in [5.74, 6) is -0.718. The molecule has 0 fully saturated rings. The summed E-state index contributed by atoms with van der Waals surface area (Å²) in [5.41, 5.74) is -0.607. The van der Waals surface area contributed by atoms with Gasteiger partial charge in [0.05, 0.1) is 35.0 Å². The summed E-state index contributed by atoms with van der Waals surface area (Å²) in [6.45, 7) is -0.204. The monoisotopic (exact) mass is 370 g/mol. The third-order valence-electron chi connectivity index (χ3n) is 3.04. The molecule has 1 aromatic carbocycles. The molecule has 2 aromatic rings. The van der Waals surface area contributed by atoms with Crippen LogP contribution in [-0.2, 0) is 17.5 Å². The standard InChI is InChI=1S/C16H10ClF3N2O3/c1-24-15(23)13-5-9(7-21)4-11(22-13)8-25-14-3-2-10(6-12(14)17)16(18,19)20/h2-6H,8H2,1H3. The summed E-state index contributed by atoms with van der Waals surface area (Å²) in [5, 5.41) is 8.76. The van der Waals surface area contributed by atoms with E-state index in [1.807, 2.05) is 6.07 Å². The van der Waals surface area contributed by atoms with Crippen LogP contribution < -0.4 is 4.74 Å². The van der Waals surface area contributed by atoms with Gasteiger partial charge in [-0.05, 0) is 30.3 Å². The maximum absolute atomic E-state index is 12.6. The Hall–Kier alpha value is -2.79. The Morgan fingerprint density at radius 1 is 1.32 bits per heavy atom. The molecule has 0 N–H and O–H groups in total. The van der Waals surface area contributed by atoms with E-state index in [1.54, 1.807) is 0 Å². The van der Waals surface area contributed by atoms with Crippen LogP contribution in [0.1, 0.15) is 27.3 Å². The predicted octanol–water partition coefficient (Wildman–Crippen LogP) is 3.99. The summed E-state index contributed by atoms with van der Waals surface area (Å²) < 4.78 is 47.7. The first-order chi connectivity index (χ1) is 11.7. The molecule has 2 rings (SSSR count). The Bertz CT molecular complexity index is 847. The SMILES string of the molecule is COC(=O)c1cc(C#N)cc(COc2ccc(C(F)(F)F)cc2Cl)n1. The summed E-state index contributed by atoms with van der Waals surface area (Å²) >= 11 is 5.79. The molecule has 25 heavy (non-hydrogen) atoms. The normalized spacial score (nSPS) is 10.9. The molecular weight excluding hydrogens is 361 g/mol. The van der Waals surface area contributed by atoms with Crippen LogP contribution in [0.15, 0.2) is 30.3 Å². The first-order valence-electron chi connectivity index (χ1n) is 6.73. The van der Waals surface area contributed by atoms with Crippen LogP contribution in [0.4, 0.5) is 13.2 Å². The highest BCUT2D eigenvalue weighted by Crippen LogP contribution is 2.34. The lowest BCUT2D eigenvalue weighted by Gasteiger charge is -2.11.